The van der Waals surface area contributed by atoms with Gasteiger partial charge in [0.05, 0.1) is 36.0 Å². The van der Waals surface area contributed by atoms with Crippen LogP contribution >= 0.6 is 11.6 Å². The number of nitrogens with zero attached hydrogens (tertiary/aromatic N) is 7. The second kappa shape index (κ2) is 14.6. The number of hydrogen-bond donors (Lipinski definition) is 2. The number of carbonyl (C=O) groups is 1. The predicted octanol–water partition coefficient (Wildman–Crippen LogP) is 4.93. The predicted molar refractivity (Wildman–Crippen MR) is 195 cm³/mol. The highest BCUT2D eigenvalue weighted by Crippen LogP contribution is 2.32. The second-order valence-corrected chi connectivity index (χ2v) is 12.7. The zero-order chi connectivity index (χ0) is 35.5. The Kier molecular flexibility index (Phi) is 9.65. The van der Waals surface area contributed by atoms with E-state index in [4.69, 9.17) is 32.2 Å². The largest absolute Gasteiger partial charge is 0.508 e. The van der Waals surface area contributed by atoms with Gasteiger partial charge in [0.15, 0.2) is 5.65 Å². The summed E-state index contributed by atoms with van der Waals surface area (Å²) < 4.78 is 8.59. The molecule has 0 radical (unpaired) electrons. The summed E-state index contributed by atoms with van der Waals surface area (Å²) in [6.45, 7) is 4.41. The van der Waals surface area contributed by atoms with E-state index in [-0.39, 0.29) is 36.1 Å². The summed E-state index contributed by atoms with van der Waals surface area (Å²) in [7, 11) is 0. The van der Waals surface area contributed by atoms with Gasteiger partial charge in [0.1, 0.15) is 36.0 Å². The number of ether oxygens (including phenoxy) is 1. The molecule has 6 aromatic rings. The van der Waals surface area contributed by atoms with Gasteiger partial charge in [-0.15, -0.1) is 0 Å². The summed E-state index contributed by atoms with van der Waals surface area (Å²) >= 11 is 6.59. The van der Waals surface area contributed by atoms with Crippen molar-refractivity contribution in [3.05, 3.63) is 105 Å². The minimum absolute atomic E-state index is 0.0761. The number of phenolic OH excluding ortho intramolecular Hbond substituents is 1. The molecule has 4 heterocycles. The highest BCUT2D eigenvalue weighted by atomic mass is 35.5. The molecule has 0 bridgehead atoms. The Hall–Kier alpha value is -5.77. The van der Waals surface area contributed by atoms with Crippen molar-refractivity contribution in [1.82, 2.24) is 34.2 Å². The van der Waals surface area contributed by atoms with Gasteiger partial charge in [0.25, 0.3) is 5.56 Å². The SMILES string of the molecule is Cc1cc(-c2nn(Cc3nc4cccc(C#CCCCC(=O)N5CCOCC5)c4c(=O)n3Cc3ccccc3Cl)c3ncnc(N)c23)ccc1O. The Bertz CT molecular complexity index is 2410. The van der Waals surface area contributed by atoms with Crippen molar-refractivity contribution in [2.45, 2.75) is 39.3 Å². The molecule has 7 rings (SSSR count). The van der Waals surface area contributed by atoms with Crippen LogP contribution in [-0.4, -0.2) is 71.5 Å². The van der Waals surface area contributed by atoms with Crippen molar-refractivity contribution >= 4 is 45.3 Å². The lowest BCUT2D eigenvalue weighted by Gasteiger charge is -2.26. The lowest BCUT2D eigenvalue weighted by molar-refractivity contribution is -0.135. The maximum Gasteiger partial charge on any atom is 0.263 e. The third kappa shape index (κ3) is 6.99. The summed E-state index contributed by atoms with van der Waals surface area (Å²) in [6, 6.07) is 18.0. The van der Waals surface area contributed by atoms with E-state index >= 15 is 0 Å². The number of amides is 1. The van der Waals surface area contributed by atoms with Crippen LogP contribution in [0.5, 0.6) is 5.75 Å². The molecule has 1 saturated heterocycles. The Morgan fingerprint density at radius 3 is 2.67 bits per heavy atom. The molecule has 1 fully saturated rings. The minimum Gasteiger partial charge on any atom is -0.508 e. The van der Waals surface area contributed by atoms with Crippen molar-refractivity contribution < 1.29 is 14.6 Å². The van der Waals surface area contributed by atoms with Gasteiger partial charge in [-0.05, 0) is 60.9 Å². The molecule has 3 aromatic heterocycles. The van der Waals surface area contributed by atoms with Crippen LogP contribution in [0.1, 0.15) is 41.8 Å². The summed E-state index contributed by atoms with van der Waals surface area (Å²) in [5, 5.41) is 16.5. The molecule has 1 aliphatic rings. The highest BCUT2D eigenvalue weighted by Gasteiger charge is 2.21. The highest BCUT2D eigenvalue weighted by molar-refractivity contribution is 6.31. The first-order valence-corrected chi connectivity index (χ1v) is 17.0. The maximum absolute atomic E-state index is 14.5. The summed E-state index contributed by atoms with van der Waals surface area (Å²) in [5.74, 6) is 7.28. The molecule has 13 heteroatoms. The number of unbranched alkanes of at least 4 members (excludes halogenated alkanes) is 1. The van der Waals surface area contributed by atoms with Gasteiger partial charge in [-0.2, -0.15) is 5.10 Å². The van der Waals surface area contributed by atoms with Gasteiger partial charge in [-0.3, -0.25) is 14.2 Å². The van der Waals surface area contributed by atoms with Gasteiger partial charge in [-0.1, -0.05) is 47.7 Å². The van der Waals surface area contributed by atoms with Gasteiger partial charge >= 0.3 is 0 Å². The standard InChI is InChI=1S/C38H35ClN8O4/c1-24-20-26(14-15-30(24)48)35-34-36(40)41-23-42-37(34)47(44-35)22-31-43-29-12-7-10-25(8-3-2-4-13-32(49)45-16-18-51-19-17-45)33(29)38(50)46(31)21-27-9-5-6-11-28(27)39/h5-7,9-12,14-15,20,23,48H,2,4,13,16-19,21-22H2,1H3,(H2,40,41,42). The fourth-order valence-electron chi connectivity index (χ4n) is 6.23. The Labute approximate surface area is 298 Å². The van der Waals surface area contributed by atoms with Crippen LogP contribution in [0.4, 0.5) is 5.82 Å². The van der Waals surface area contributed by atoms with E-state index in [0.717, 1.165) is 11.1 Å². The fourth-order valence-corrected chi connectivity index (χ4v) is 6.43. The number of aromatic nitrogens is 6. The first kappa shape index (κ1) is 33.7. The molecular formula is C38H35ClN8O4. The number of morpholine rings is 1. The molecule has 12 nitrogen and oxygen atoms in total. The van der Waals surface area contributed by atoms with E-state index in [1.807, 2.05) is 41.3 Å². The molecular weight excluding hydrogens is 668 g/mol. The van der Waals surface area contributed by atoms with Crippen LogP contribution in [0.2, 0.25) is 5.02 Å². The van der Waals surface area contributed by atoms with Crippen LogP contribution in [0.3, 0.4) is 0 Å². The van der Waals surface area contributed by atoms with E-state index in [0.29, 0.717) is 95.2 Å². The molecule has 1 amide bonds. The first-order valence-electron chi connectivity index (χ1n) is 16.7. The number of nitrogen functional groups attached to an aromatic ring is 1. The van der Waals surface area contributed by atoms with Crippen LogP contribution in [0.25, 0.3) is 33.2 Å². The molecule has 1 aliphatic heterocycles. The number of halogens is 1. The fraction of sp³-hybridized carbons (Fsp3) is 0.263. The number of benzene rings is 3. The zero-order valence-electron chi connectivity index (χ0n) is 28.0. The molecule has 0 unspecified atom stereocenters. The van der Waals surface area contributed by atoms with Crippen molar-refractivity contribution in [3.8, 4) is 28.8 Å². The summed E-state index contributed by atoms with van der Waals surface area (Å²) in [4.78, 5) is 42.6. The van der Waals surface area contributed by atoms with E-state index in [9.17, 15) is 14.7 Å². The second-order valence-electron chi connectivity index (χ2n) is 12.3. The van der Waals surface area contributed by atoms with Crippen molar-refractivity contribution in [2.24, 2.45) is 0 Å². The van der Waals surface area contributed by atoms with Gasteiger partial charge in [0, 0.05) is 42.1 Å². The quantitative estimate of drug-likeness (QED) is 0.166. The molecule has 0 saturated carbocycles. The Balaban J connectivity index is 1.27. The topological polar surface area (TPSA) is 154 Å². The van der Waals surface area contributed by atoms with Crippen LogP contribution < -0.4 is 11.3 Å². The maximum atomic E-state index is 14.5. The van der Waals surface area contributed by atoms with Gasteiger partial charge in [0.2, 0.25) is 5.91 Å². The average molecular weight is 703 g/mol. The van der Waals surface area contributed by atoms with E-state index in [2.05, 4.69) is 21.8 Å². The molecule has 0 atom stereocenters. The molecule has 3 N–H and O–H groups in total. The first-order chi connectivity index (χ1) is 24.8. The smallest absolute Gasteiger partial charge is 0.263 e. The van der Waals surface area contributed by atoms with E-state index in [1.54, 1.807) is 40.4 Å². The van der Waals surface area contributed by atoms with E-state index in [1.165, 1.54) is 6.33 Å². The number of carbonyl (C=O) groups excluding carboxylic acids is 1. The van der Waals surface area contributed by atoms with Gasteiger partial charge in [-0.25, -0.2) is 19.6 Å². The van der Waals surface area contributed by atoms with Crippen molar-refractivity contribution in [2.75, 3.05) is 32.0 Å². The molecule has 0 spiro atoms. The number of anilines is 1. The number of phenols is 1. The lowest BCUT2D eigenvalue weighted by atomic mass is 10.1. The number of hydrogen-bond acceptors (Lipinski definition) is 9. The number of nitrogens with two attached hydrogens (primary N) is 1. The molecule has 258 valence electrons. The number of aromatic hydroxyl groups is 1. The Morgan fingerprint density at radius 2 is 1.86 bits per heavy atom. The molecule has 3 aromatic carbocycles. The average Bonchev–Trinajstić information content (AvgIpc) is 3.51. The minimum atomic E-state index is -0.276. The summed E-state index contributed by atoms with van der Waals surface area (Å²) in [6.07, 6.45) is 2.90. The third-order valence-electron chi connectivity index (χ3n) is 8.95. The lowest BCUT2D eigenvalue weighted by Crippen LogP contribution is -2.40. The monoisotopic (exact) mass is 702 g/mol. The number of fused-ring (bicyclic) bond motifs is 2. The molecule has 0 aliphatic carbocycles. The zero-order valence-corrected chi connectivity index (χ0v) is 28.7. The van der Waals surface area contributed by atoms with Gasteiger partial charge < -0.3 is 20.5 Å². The summed E-state index contributed by atoms with van der Waals surface area (Å²) in [5.41, 5.74) is 10.3. The van der Waals surface area contributed by atoms with E-state index < -0.39 is 0 Å². The third-order valence-corrected chi connectivity index (χ3v) is 9.32. The normalized spacial score (nSPS) is 13.0. The van der Waals surface area contributed by atoms with Crippen molar-refractivity contribution in [1.29, 1.82) is 0 Å². The number of aryl methyl sites for hydroxylation is 1. The van der Waals surface area contributed by atoms with Crippen molar-refractivity contribution in [3.63, 3.8) is 0 Å². The van der Waals surface area contributed by atoms with Crippen LogP contribution in [-0.2, 0) is 22.6 Å². The Morgan fingerprint density at radius 1 is 1.04 bits per heavy atom. The molecule has 51 heavy (non-hydrogen) atoms. The number of rotatable bonds is 8. The van der Waals surface area contributed by atoms with Crippen LogP contribution in [0, 0.1) is 18.8 Å². The van der Waals surface area contributed by atoms with Crippen LogP contribution in [0.15, 0.2) is 71.8 Å².